The number of hydrogen-bond donors (Lipinski definition) is 0. The SMILES string of the molecule is CC(=O)OCCCCC=CCCBr. The number of unbranched alkanes of at least 4 members (excludes halogenated alkanes) is 2. The summed E-state index contributed by atoms with van der Waals surface area (Å²) in [6.07, 6.45) is 8.55. The zero-order chi connectivity index (χ0) is 9.94. The van der Waals surface area contributed by atoms with Crippen LogP contribution in [0, 0.1) is 0 Å². The average molecular weight is 249 g/mol. The smallest absolute Gasteiger partial charge is 0.302 e. The maximum atomic E-state index is 10.4. The number of allylic oxidation sites excluding steroid dienone is 2. The van der Waals surface area contributed by atoms with E-state index in [2.05, 4.69) is 28.1 Å². The number of halogens is 1. The highest BCUT2D eigenvalue weighted by atomic mass is 79.9. The summed E-state index contributed by atoms with van der Waals surface area (Å²) >= 11 is 3.35. The lowest BCUT2D eigenvalue weighted by Gasteiger charge is -1.99. The van der Waals surface area contributed by atoms with Crippen LogP contribution in [-0.4, -0.2) is 17.9 Å². The highest BCUT2D eigenvalue weighted by molar-refractivity contribution is 9.09. The highest BCUT2D eigenvalue weighted by Gasteiger charge is 1.91. The van der Waals surface area contributed by atoms with Gasteiger partial charge < -0.3 is 4.74 Å². The van der Waals surface area contributed by atoms with Crippen molar-refractivity contribution < 1.29 is 9.53 Å². The number of hydrogen-bond acceptors (Lipinski definition) is 2. The molecule has 0 saturated carbocycles. The first-order valence-corrected chi connectivity index (χ1v) is 5.74. The number of carbonyl (C=O) groups is 1. The van der Waals surface area contributed by atoms with Gasteiger partial charge in [0.15, 0.2) is 0 Å². The van der Waals surface area contributed by atoms with E-state index in [4.69, 9.17) is 4.74 Å². The fourth-order valence-electron chi connectivity index (χ4n) is 0.879. The van der Waals surface area contributed by atoms with Crippen LogP contribution < -0.4 is 0 Å². The average Bonchev–Trinajstić information content (AvgIpc) is 2.09. The van der Waals surface area contributed by atoms with Crippen LogP contribution >= 0.6 is 15.9 Å². The second kappa shape index (κ2) is 9.78. The van der Waals surface area contributed by atoms with Crippen LogP contribution in [0.4, 0.5) is 0 Å². The minimum absolute atomic E-state index is 0.185. The maximum Gasteiger partial charge on any atom is 0.302 e. The molecule has 0 N–H and O–H groups in total. The van der Waals surface area contributed by atoms with Crippen LogP contribution in [-0.2, 0) is 9.53 Å². The lowest BCUT2D eigenvalue weighted by Crippen LogP contribution is -1.99. The molecule has 0 aromatic heterocycles. The molecule has 0 fully saturated rings. The minimum atomic E-state index is -0.185. The summed E-state index contributed by atoms with van der Waals surface area (Å²) in [6, 6.07) is 0. The fraction of sp³-hybridized carbons (Fsp3) is 0.700. The number of rotatable bonds is 7. The Bertz CT molecular complexity index is 155. The van der Waals surface area contributed by atoms with Gasteiger partial charge >= 0.3 is 5.97 Å². The first-order valence-electron chi connectivity index (χ1n) is 4.61. The first-order chi connectivity index (χ1) is 6.27. The quantitative estimate of drug-likeness (QED) is 0.300. The van der Waals surface area contributed by atoms with Crippen LogP contribution in [0.2, 0.25) is 0 Å². The van der Waals surface area contributed by atoms with Crippen LogP contribution in [0.25, 0.3) is 0 Å². The Balaban J connectivity index is 3.03. The second-order valence-corrected chi connectivity index (χ2v) is 3.58. The van der Waals surface area contributed by atoms with Gasteiger partial charge in [-0.2, -0.15) is 0 Å². The zero-order valence-corrected chi connectivity index (χ0v) is 9.68. The zero-order valence-electron chi connectivity index (χ0n) is 8.09. The van der Waals surface area contributed by atoms with Crippen molar-refractivity contribution in [1.82, 2.24) is 0 Å². The van der Waals surface area contributed by atoms with Crippen molar-refractivity contribution in [2.45, 2.75) is 32.6 Å². The van der Waals surface area contributed by atoms with E-state index in [1.54, 1.807) is 0 Å². The number of ether oxygens (including phenoxy) is 1. The summed E-state index contributed by atoms with van der Waals surface area (Å²) in [6.45, 7) is 2.00. The van der Waals surface area contributed by atoms with E-state index in [9.17, 15) is 4.79 Å². The van der Waals surface area contributed by atoms with Crippen LogP contribution in [0.15, 0.2) is 12.2 Å². The van der Waals surface area contributed by atoms with Crippen LogP contribution in [0.5, 0.6) is 0 Å². The van der Waals surface area contributed by atoms with E-state index in [1.807, 2.05) is 0 Å². The van der Waals surface area contributed by atoms with E-state index < -0.39 is 0 Å². The van der Waals surface area contributed by atoms with Gasteiger partial charge in [-0.1, -0.05) is 28.1 Å². The Morgan fingerprint density at radius 1 is 1.31 bits per heavy atom. The third-order valence-electron chi connectivity index (χ3n) is 1.51. The van der Waals surface area contributed by atoms with Crippen molar-refractivity contribution in [3.63, 3.8) is 0 Å². The van der Waals surface area contributed by atoms with Gasteiger partial charge in [-0.25, -0.2) is 0 Å². The molecule has 0 spiro atoms. The molecule has 0 radical (unpaired) electrons. The van der Waals surface area contributed by atoms with E-state index >= 15 is 0 Å². The molecule has 0 aromatic carbocycles. The van der Waals surface area contributed by atoms with Crippen molar-refractivity contribution in [1.29, 1.82) is 0 Å². The number of alkyl halides is 1. The van der Waals surface area contributed by atoms with Gasteiger partial charge in [0, 0.05) is 12.3 Å². The fourth-order valence-corrected chi connectivity index (χ4v) is 1.14. The molecule has 0 unspecified atom stereocenters. The van der Waals surface area contributed by atoms with Gasteiger partial charge in [-0.3, -0.25) is 4.79 Å². The topological polar surface area (TPSA) is 26.3 Å². The van der Waals surface area contributed by atoms with Crippen molar-refractivity contribution in [2.24, 2.45) is 0 Å². The summed E-state index contributed by atoms with van der Waals surface area (Å²) in [5, 5.41) is 1.02. The van der Waals surface area contributed by atoms with Crippen LogP contribution in [0.1, 0.15) is 32.6 Å². The molecule has 2 nitrogen and oxygen atoms in total. The predicted molar refractivity (Wildman–Crippen MR) is 58.0 cm³/mol. The Kier molecular flexibility index (Phi) is 9.54. The van der Waals surface area contributed by atoms with E-state index in [1.165, 1.54) is 6.92 Å². The highest BCUT2D eigenvalue weighted by Crippen LogP contribution is 1.99. The minimum Gasteiger partial charge on any atom is -0.466 e. The van der Waals surface area contributed by atoms with Crippen molar-refractivity contribution in [2.75, 3.05) is 11.9 Å². The van der Waals surface area contributed by atoms with Gasteiger partial charge in [0.25, 0.3) is 0 Å². The van der Waals surface area contributed by atoms with E-state index in [0.29, 0.717) is 6.61 Å². The Morgan fingerprint density at radius 2 is 2.00 bits per heavy atom. The third kappa shape index (κ3) is 11.7. The lowest BCUT2D eigenvalue weighted by atomic mass is 10.2. The summed E-state index contributed by atoms with van der Waals surface area (Å²) in [7, 11) is 0. The largest absolute Gasteiger partial charge is 0.466 e. The summed E-state index contributed by atoms with van der Waals surface area (Å²) in [5.41, 5.74) is 0. The van der Waals surface area contributed by atoms with Gasteiger partial charge in [0.05, 0.1) is 6.61 Å². The van der Waals surface area contributed by atoms with Crippen molar-refractivity contribution in [3.8, 4) is 0 Å². The third-order valence-corrected chi connectivity index (χ3v) is 1.97. The standard InChI is InChI=1S/C10H17BrO2/c1-10(12)13-9-7-5-3-2-4-6-8-11/h2,4H,3,5-9H2,1H3. The molecular formula is C10H17BrO2. The molecule has 0 atom stereocenters. The van der Waals surface area contributed by atoms with Gasteiger partial charge in [-0.05, 0) is 25.7 Å². The molecule has 0 aliphatic heterocycles. The molecule has 0 aromatic rings. The van der Waals surface area contributed by atoms with E-state index in [-0.39, 0.29) is 5.97 Å². The van der Waals surface area contributed by atoms with Crippen LogP contribution in [0.3, 0.4) is 0 Å². The molecule has 0 rings (SSSR count). The normalized spacial score (nSPS) is 10.6. The van der Waals surface area contributed by atoms with Gasteiger partial charge in [-0.15, -0.1) is 0 Å². The Labute approximate surface area is 88.5 Å². The van der Waals surface area contributed by atoms with E-state index in [0.717, 1.165) is 31.0 Å². The molecule has 0 bridgehead atoms. The molecule has 0 heterocycles. The lowest BCUT2D eigenvalue weighted by molar-refractivity contribution is -0.141. The van der Waals surface area contributed by atoms with Gasteiger partial charge in [0.2, 0.25) is 0 Å². The predicted octanol–water partition coefficient (Wildman–Crippen LogP) is 3.06. The molecule has 13 heavy (non-hydrogen) atoms. The second-order valence-electron chi connectivity index (χ2n) is 2.78. The molecular weight excluding hydrogens is 232 g/mol. The number of esters is 1. The first kappa shape index (κ1) is 12.7. The van der Waals surface area contributed by atoms with Crippen molar-refractivity contribution >= 4 is 21.9 Å². The monoisotopic (exact) mass is 248 g/mol. The maximum absolute atomic E-state index is 10.4. The van der Waals surface area contributed by atoms with Gasteiger partial charge in [0.1, 0.15) is 0 Å². The summed E-state index contributed by atoms with van der Waals surface area (Å²) in [4.78, 5) is 10.4. The molecule has 0 aliphatic carbocycles. The molecule has 3 heteroatoms. The molecule has 0 saturated heterocycles. The Hall–Kier alpha value is -0.310. The molecule has 0 amide bonds. The summed E-state index contributed by atoms with van der Waals surface area (Å²) < 4.78 is 4.80. The summed E-state index contributed by atoms with van der Waals surface area (Å²) in [5.74, 6) is -0.185. The van der Waals surface area contributed by atoms with Crippen molar-refractivity contribution in [3.05, 3.63) is 12.2 Å². The number of carbonyl (C=O) groups excluding carboxylic acids is 1. The molecule has 0 aliphatic rings. The molecule has 76 valence electrons. The Morgan fingerprint density at radius 3 is 2.62 bits per heavy atom.